The van der Waals surface area contributed by atoms with Crippen LogP contribution >= 0.6 is 0 Å². The van der Waals surface area contributed by atoms with Crippen molar-refractivity contribution in [1.82, 2.24) is 0 Å². The van der Waals surface area contributed by atoms with Gasteiger partial charge in [-0.3, -0.25) is 0 Å². The highest BCUT2D eigenvalue weighted by atomic mass is 14.2. The van der Waals surface area contributed by atoms with Gasteiger partial charge in [-0.25, -0.2) is 0 Å². The van der Waals surface area contributed by atoms with Gasteiger partial charge in [0.25, 0.3) is 0 Å². The van der Waals surface area contributed by atoms with Crippen LogP contribution in [0.2, 0.25) is 0 Å². The van der Waals surface area contributed by atoms with E-state index < -0.39 is 0 Å². The quantitative estimate of drug-likeness (QED) is 0.511. The van der Waals surface area contributed by atoms with E-state index in [1.807, 2.05) is 0 Å². The molecule has 0 heteroatoms. The minimum absolute atomic E-state index is 0.714. The Kier molecular flexibility index (Phi) is 2.73. The second kappa shape index (κ2) is 3.60. The molecule has 0 spiro atoms. The molecule has 1 aliphatic carbocycles. The van der Waals surface area contributed by atoms with Crippen molar-refractivity contribution in [2.24, 2.45) is 11.8 Å². The average Bonchev–Trinajstić information content (AvgIpc) is 2.04. The van der Waals surface area contributed by atoms with Crippen LogP contribution in [0.1, 0.15) is 25.7 Å². The Morgan fingerprint density at radius 3 is 1.60 bits per heavy atom. The molecule has 0 heterocycles. The summed E-state index contributed by atoms with van der Waals surface area (Å²) in [6, 6.07) is 0. The summed E-state index contributed by atoms with van der Waals surface area (Å²) in [5, 5.41) is 0. The molecule has 0 aromatic heterocycles. The van der Waals surface area contributed by atoms with Gasteiger partial charge in [0.05, 0.1) is 0 Å². The van der Waals surface area contributed by atoms with Gasteiger partial charge in [-0.1, -0.05) is 25.0 Å². The van der Waals surface area contributed by atoms with E-state index in [4.69, 9.17) is 0 Å². The van der Waals surface area contributed by atoms with Crippen LogP contribution in [0.15, 0.2) is 25.3 Å². The van der Waals surface area contributed by atoms with Crippen LogP contribution in [0.3, 0.4) is 0 Å². The van der Waals surface area contributed by atoms with Gasteiger partial charge in [0.1, 0.15) is 0 Å². The maximum Gasteiger partial charge on any atom is -0.0173 e. The van der Waals surface area contributed by atoms with Crippen LogP contribution in [-0.2, 0) is 0 Å². The van der Waals surface area contributed by atoms with E-state index in [0.717, 1.165) is 0 Å². The highest BCUT2D eigenvalue weighted by Crippen LogP contribution is 2.30. The Hall–Kier alpha value is -0.520. The summed E-state index contributed by atoms with van der Waals surface area (Å²) in [5.74, 6) is 1.43. The second-order valence-corrected chi connectivity index (χ2v) is 3.08. The van der Waals surface area contributed by atoms with Gasteiger partial charge in [-0.05, 0) is 24.7 Å². The van der Waals surface area contributed by atoms with E-state index in [-0.39, 0.29) is 0 Å². The Bertz CT molecular complexity index is 108. The largest absolute Gasteiger partial charge is 0.103 e. The van der Waals surface area contributed by atoms with E-state index in [2.05, 4.69) is 25.3 Å². The van der Waals surface area contributed by atoms with E-state index in [9.17, 15) is 0 Å². The first-order chi connectivity index (χ1) is 4.88. The number of rotatable bonds is 2. The maximum absolute atomic E-state index is 3.83. The molecule has 0 aromatic carbocycles. The molecule has 1 saturated carbocycles. The predicted molar refractivity (Wildman–Crippen MR) is 45.8 cm³/mol. The lowest BCUT2D eigenvalue weighted by Gasteiger charge is -2.26. The monoisotopic (exact) mass is 136 g/mol. The summed E-state index contributed by atoms with van der Waals surface area (Å²) in [6.07, 6.45) is 9.57. The zero-order valence-corrected chi connectivity index (χ0v) is 6.55. The first-order valence-corrected chi connectivity index (χ1v) is 4.13. The van der Waals surface area contributed by atoms with E-state index in [1.54, 1.807) is 0 Å². The minimum atomic E-state index is 0.714. The molecule has 0 bridgehead atoms. The van der Waals surface area contributed by atoms with Crippen LogP contribution in [-0.4, -0.2) is 0 Å². The fourth-order valence-corrected chi connectivity index (χ4v) is 1.77. The van der Waals surface area contributed by atoms with Crippen LogP contribution in [0, 0.1) is 11.8 Å². The predicted octanol–water partition coefficient (Wildman–Crippen LogP) is 3.16. The smallest absolute Gasteiger partial charge is 0.0173 e. The lowest BCUT2D eigenvalue weighted by atomic mass is 9.79. The van der Waals surface area contributed by atoms with E-state index >= 15 is 0 Å². The molecule has 1 rings (SSSR count). The fraction of sp³-hybridized carbons (Fsp3) is 0.600. The van der Waals surface area contributed by atoms with Gasteiger partial charge < -0.3 is 0 Å². The summed E-state index contributed by atoms with van der Waals surface area (Å²) >= 11 is 0. The Morgan fingerprint density at radius 2 is 1.30 bits per heavy atom. The molecule has 0 amide bonds. The van der Waals surface area contributed by atoms with Crippen molar-refractivity contribution in [3.8, 4) is 0 Å². The molecule has 0 aromatic rings. The van der Waals surface area contributed by atoms with Gasteiger partial charge in [-0.2, -0.15) is 0 Å². The number of allylic oxidation sites excluding steroid dienone is 2. The van der Waals surface area contributed by atoms with Crippen molar-refractivity contribution >= 4 is 0 Å². The van der Waals surface area contributed by atoms with Gasteiger partial charge in [0.2, 0.25) is 0 Å². The third-order valence-corrected chi connectivity index (χ3v) is 2.48. The molecular weight excluding hydrogens is 120 g/mol. The highest BCUT2D eigenvalue weighted by Gasteiger charge is 2.18. The minimum Gasteiger partial charge on any atom is -0.103 e. The van der Waals surface area contributed by atoms with Gasteiger partial charge >= 0.3 is 0 Å². The molecule has 0 nitrogen and oxygen atoms in total. The van der Waals surface area contributed by atoms with Crippen LogP contribution in [0.25, 0.3) is 0 Å². The van der Waals surface area contributed by atoms with Gasteiger partial charge in [0, 0.05) is 0 Å². The number of hydrogen-bond donors (Lipinski definition) is 0. The van der Waals surface area contributed by atoms with Gasteiger partial charge in [-0.15, -0.1) is 13.2 Å². The molecule has 0 N–H and O–H groups in total. The molecule has 0 radical (unpaired) electrons. The molecule has 56 valence electrons. The topological polar surface area (TPSA) is 0 Å². The zero-order chi connectivity index (χ0) is 7.40. The zero-order valence-electron chi connectivity index (χ0n) is 6.55. The highest BCUT2D eigenvalue weighted by molar-refractivity contribution is 4.94. The molecule has 0 saturated heterocycles. The third-order valence-electron chi connectivity index (χ3n) is 2.48. The van der Waals surface area contributed by atoms with Crippen molar-refractivity contribution in [2.75, 3.05) is 0 Å². The summed E-state index contributed by atoms with van der Waals surface area (Å²) in [6.45, 7) is 7.67. The standard InChI is InChI=1S/C10H16/c1-3-9-7-5-6-8-10(9)4-2/h3-4,9-10H,1-2,5-8H2/t9-,10-/m1/s1. The Morgan fingerprint density at radius 1 is 0.900 bits per heavy atom. The SMILES string of the molecule is C=C[C@@H]1CCCC[C@H]1C=C. The fourth-order valence-electron chi connectivity index (χ4n) is 1.77. The van der Waals surface area contributed by atoms with Gasteiger partial charge in [0.15, 0.2) is 0 Å². The molecule has 2 atom stereocenters. The first-order valence-electron chi connectivity index (χ1n) is 4.13. The normalized spacial score (nSPS) is 33.2. The summed E-state index contributed by atoms with van der Waals surface area (Å²) in [7, 11) is 0. The maximum atomic E-state index is 3.83. The molecule has 10 heavy (non-hydrogen) atoms. The lowest BCUT2D eigenvalue weighted by Crippen LogP contribution is -2.14. The van der Waals surface area contributed by atoms with Crippen molar-refractivity contribution in [1.29, 1.82) is 0 Å². The van der Waals surface area contributed by atoms with Crippen molar-refractivity contribution in [2.45, 2.75) is 25.7 Å². The first kappa shape index (κ1) is 7.59. The van der Waals surface area contributed by atoms with E-state index in [1.165, 1.54) is 25.7 Å². The van der Waals surface area contributed by atoms with Crippen LogP contribution in [0.4, 0.5) is 0 Å². The summed E-state index contributed by atoms with van der Waals surface area (Å²) in [4.78, 5) is 0. The van der Waals surface area contributed by atoms with E-state index in [0.29, 0.717) is 11.8 Å². The molecule has 1 aliphatic rings. The summed E-state index contributed by atoms with van der Waals surface area (Å²) in [5.41, 5.74) is 0. The third kappa shape index (κ3) is 1.50. The van der Waals surface area contributed by atoms with Crippen molar-refractivity contribution in [3.63, 3.8) is 0 Å². The average molecular weight is 136 g/mol. The van der Waals surface area contributed by atoms with Crippen molar-refractivity contribution in [3.05, 3.63) is 25.3 Å². The second-order valence-electron chi connectivity index (χ2n) is 3.08. The summed E-state index contributed by atoms with van der Waals surface area (Å²) < 4.78 is 0. The molecule has 0 aliphatic heterocycles. The number of hydrogen-bond acceptors (Lipinski definition) is 0. The van der Waals surface area contributed by atoms with Crippen LogP contribution in [0.5, 0.6) is 0 Å². The molecule has 1 fully saturated rings. The van der Waals surface area contributed by atoms with Crippen LogP contribution < -0.4 is 0 Å². The molecular formula is C10H16. The Balaban J connectivity index is 2.49. The lowest BCUT2D eigenvalue weighted by molar-refractivity contribution is 0.338. The molecule has 0 unspecified atom stereocenters. The van der Waals surface area contributed by atoms with Crippen molar-refractivity contribution < 1.29 is 0 Å². The Labute approximate surface area is 63.6 Å².